The molecule has 1 heteroatoms. The third-order valence-electron chi connectivity index (χ3n) is 5.62. The Hall–Kier alpha value is -1.11. The first-order valence-electron chi connectivity index (χ1n) is 11.0. The van der Waals surface area contributed by atoms with E-state index in [0.717, 1.165) is 25.2 Å². The Morgan fingerprint density at radius 2 is 1.58 bits per heavy atom. The second-order valence-corrected chi connectivity index (χ2v) is 9.10. The zero-order valence-corrected chi connectivity index (χ0v) is 18.0. The van der Waals surface area contributed by atoms with Crippen LogP contribution in [0.4, 0.5) is 0 Å². The lowest BCUT2D eigenvalue weighted by Gasteiger charge is -2.34. The number of ketones is 1. The van der Waals surface area contributed by atoms with Crippen molar-refractivity contribution >= 4 is 5.78 Å². The molecule has 0 saturated carbocycles. The molecule has 0 fully saturated rings. The third-order valence-corrected chi connectivity index (χ3v) is 5.62. The Morgan fingerprint density at radius 1 is 0.923 bits per heavy atom. The molecule has 1 aromatic carbocycles. The molecule has 1 rings (SSSR count). The summed E-state index contributed by atoms with van der Waals surface area (Å²) in [5.74, 6) is 1.25. The maximum absolute atomic E-state index is 13.2. The second-order valence-electron chi connectivity index (χ2n) is 9.10. The molecule has 0 N–H and O–H groups in total. The van der Waals surface area contributed by atoms with E-state index in [9.17, 15) is 4.79 Å². The van der Waals surface area contributed by atoms with Crippen LogP contribution in [0.15, 0.2) is 30.3 Å². The first-order valence-corrected chi connectivity index (χ1v) is 11.0. The molecule has 0 aliphatic carbocycles. The lowest BCUT2D eigenvalue weighted by Crippen LogP contribution is -2.29. The maximum atomic E-state index is 13.2. The third kappa shape index (κ3) is 8.52. The molecule has 1 unspecified atom stereocenters. The molecule has 0 aromatic heterocycles. The Labute approximate surface area is 163 Å². The van der Waals surface area contributed by atoms with Gasteiger partial charge in [0.25, 0.3) is 0 Å². The van der Waals surface area contributed by atoms with Crippen molar-refractivity contribution in [2.45, 2.75) is 105 Å². The van der Waals surface area contributed by atoms with E-state index in [2.05, 4.69) is 58.9 Å². The lowest BCUT2D eigenvalue weighted by molar-refractivity contribution is -0.123. The van der Waals surface area contributed by atoms with Crippen LogP contribution in [-0.2, 0) is 4.79 Å². The van der Waals surface area contributed by atoms with Gasteiger partial charge in [-0.2, -0.15) is 0 Å². The van der Waals surface area contributed by atoms with E-state index in [4.69, 9.17) is 0 Å². The van der Waals surface area contributed by atoms with E-state index in [1.165, 1.54) is 50.5 Å². The number of unbranched alkanes of at least 4 members (excludes halogenated alkanes) is 5. The molecule has 148 valence electrons. The number of benzene rings is 1. The topological polar surface area (TPSA) is 17.1 Å². The van der Waals surface area contributed by atoms with Crippen molar-refractivity contribution in [2.24, 2.45) is 11.3 Å². The quantitative estimate of drug-likeness (QED) is 0.308. The summed E-state index contributed by atoms with van der Waals surface area (Å²) in [6, 6.07) is 10.5. The Kier molecular flexibility index (Phi) is 10.9. The standard InChI is InChI=1S/C25H42O/c1-6-7-8-15-20-25(4,5)24(22-17-12-10-13-18-22)23(26)19-14-9-11-16-21(2)3/h10,12-13,17-18,21,24H,6-9,11,14-16,19-20H2,1-5H3. The van der Waals surface area contributed by atoms with Crippen LogP contribution in [0.25, 0.3) is 0 Å². The first kappa shape index (κ1) is 22.9. The molecular formula is C25H42O. The summed E-state index contributed by atoms with van der Waals surface area (Å²) in [4.78, 5) is 13.2. The van der Waals surface area contributed by atoms with Gasteiger partial charge in [-0.15, -0.1) is 0 Å². The van der Waals surface area contributed by atoms with Crippen LogP contribution in [0.2, 0.25) is 0 Å². The largest absolute Gasteiger partial charge is 0.299 e. The molecule has 26 heavy (non-hydrogen) atoms. The van der Waals surface area contributed by atoms with E-state index in [1.807, 2.05) is 6.07 Å². The van der Waals surface area contributed by atoms with Gasteiger partial charge in [0.15, 0.2) is 0 Å². The predicted molar refractivity (Wildman–Crippen MR) is 115 cm³/mol. The van der Waals surface area contributed by atoms with Crippen molar-refractivity contribution in [3.63, 3.8) is 0 Å². The molecule has 0 spiro atoms. The molecule has 1 aromatic rings. The van der Waals surface area contributed by atoms with Gasteiger partial charge in [-0.05, 0) is 29.7 Å². The fraction of sp³-hybridized carbons (Fsp3) is 0.720. The van der Waals surface area contributed by atoms with Gasteiger partial charge in [-0.25, -0.2) is 0 Å². The van der Waals surface area contributed by atoms with Gasteiger partial charge >= 0.3 is 0 Å². The SMILES string of the molecule is CCCCCCC(C)(C)C(C(=O)CCCCCC(C)C)c1ccccc1. The van der Waals surface area contributed by atoms with Crippen LogP contribution >= 0.6 is 0 Å². The molecule has 1 nitrogen and oxygen atoms in total. The highest BCUT2D eigenvalue weighted by molar-refractivity contribution is 5.86. The van der Waals surface area contributed by atoms with Crippen molar-refractivity contribution in [1.82, 2.24) is 0 Å². The van der Waals surface area contributed by atoms with Gasteiger partial charge in [-0.1, -0.05) is 110 Å². The van der Waals surface area contributed by atoms with Crippen molar-refractivity contribution in [3.8, 4) is 0 Å². The zero-order valence-electron chi connectivity index (χ0n) is 18.0. The van der Waals surface area contributed by atoms with Crippen molar-refractivity contribution in [2.75, 3.05) is 0 Å². The number of hydrogen-bond acceptors (Lipinski definition) is 1. The summed E-state index contributed by atoms with van der Waals surface area (Å²) in [5.41, 5.74) is 1.24. The highest BCUT2D eigenvalue weighted by Gasteiger charge is 2.35. The smallest absolute Gasteiger partial charge is 0.140 e. The Morgan fingerprint density at radius 3 is 2.19 bits per heavy atom. The predicted octanol–water partition coefficient (Wildman–Crippen LogP) is 7.94. The van der Waals surface area contributed by atoms with E-state index >= 15 is 0 Å². The first-order chi connectivity index (χ1) is 12.4. The average Bonchev–Trinajstić information content (AvgIpc) is 2.59. The molecule has 0 radical (unpaired) electrons. The van der Waals surface area contributed by atoms with E-state index in [0.29, 0.717) is 5.78 Å². The summed E-state index contributed by atoms with van der Waals surface area (Å²) in [5, 5.41) is 0. The highest BCUT2D eigenvalue weighted by Crippen LogP contribution is 2.41. The molecule has 0 amide bonds. The van der Waals surface area contributed by atoms with Crippen LogP contribution in [0.3, 0.4) is 0 Å². The minimum Gasteiger partial charge on any atom is -0.299 e. The second kappa shape index (κ2) is 12.3. The molecule has 1 atom stereocenters. The molecule has 0 saturated heterocycles. The summed E-state index contributed by atoms with van der Waals surface area (Å²) >= 11 is 0. The summed E-state index contributed by atoms with van der Waals surface area (Å²) < 4.78 is 0. The summed E-state index contributed by atoms with van der Waals surface area (Å²) in [6.45, 7) is 11.4. The number of hydrogen-bond donors (Lipinski definition) is 0. The molecule has 0 aliphatic heterocycles. The average molecular weight is 359 g/mol. The maximum Gasteiger partial charge on any atom is 0.140 e. The number of Topliss-reactive ketones (excluding diaryl/α,β-unsaturated/α-hetero) is 1. The van der Waals surface area contributed by atoms with Crippen LogP contribution in [0.5, 0.6) is 0 Å². The zero-order chi connectivity index (χ0) is 19.4. The number of carbonyl (C=O) groups is 1. The molecular weight excluding hydrogens is 316 g/mol. The van der Waals surface area contributed by atoms with Crippen molar-refractivity contribution in [1.29, 1.82) is 0 Å². The summed E-state index contributed by atoms with van der Waals surface area (Å²) in [7, 11) is 0. The fourth-order valence-corrected chi connectivity index (χ4v) is 4.04. The summed E-state index contributed by atoms with van der Waals surface area (Å²) in [6.07, 6.45) is 11.7. The van der Waals surface area contributed by atoms with Crippen LogP contribution in [-0.4, -0.2) is 5.78 Å². The van der Waals surface area contributed by atoms with E-state index < -0.39 is 0 Å². The molecule has 0 aliphatic rings. The van der Waals surface area contributed by atoms with Gasteiger partial charge in [0.1, 0.15) is 5.78 Å². The highest BCUT2D eigenvalue weighted by atomic mass is 16.1. The minimum atomic E-state index is 0.0319. The number of rotatable bonds is 14. The Bertz CT molecular complexity index is 486. The molecule has 0 bridgehead atoms. The van der Waals surface area contributed by atoms with E-state index in [-0.39, 0.29) is 11.3 Å². The fourth-order valence-electron chi connectivity index (χ4n) is 4.04. The van der Waals surface area contributed by atoms with Gasteiger partial charge < -0.3 is 0 Å². The van der Waals surface area contributed by atoms with Crippen molar-refractivity contribution < 1.29 is 4.79 Å². The Balaban J connectivity index is 2.71. The normalized spacial score (nSPS) is 13.2. The van der Waals surface area contributed by atoms with E-state index in [1.54, 1.807) is 0 Å². The van der Waals surface area contributed by atoms with Gasteiger partial charge in [-0.3, -0.25) is 4.79 Å². The van der Waals surface area contributed by atoms with Crippen LogP contribution < -0.4 is 0 Å². The van der Waals surface area contributed by atoms with Crippen LogP contribution in [0.1, 0.15) is 110 Å². The molecule has 0 heterocycles. The van der Waals surface area contributed by atoms with Crippen molar-refractivity contribution in [3.05, 3.63) is 35.9 Å². The lowest BCUT2D eigenvalue weighted by atomic mass is 9.69. The van der Waals surface area contributed by atoms with Crippen LogP contribution in [0, 0.1) is 11.3 Å². The van der Waals surface area contributed by atoms with Gasteiger partial charge in [0, 0.05) is 12.3 Å². The van der Waals surface area contributed by atoms with Gasteiger partial charge in [0.2, 0.25) is 0 Å². The number of carbonyl (C=O) groups excluding carboxylic acids is 1. The monoisotopic (exact) mass is 358 g/mol. The van der Waals surface area contributed by atoms with Gasteiger partial charge in [0.05, 0.1) is 0 Å². The minimum absolute atomic E-state index is 0.0319.